The van der Waals surface area contributed by atoms with Crippen LogP contribution in [0.5, 0.6) is 0 Å². The molecule has 2 aromatic rings. The number of benzene rings is 1. The van der Waals surface area contributed by atoms with E-state index in [1.165, 1.54) is 12.1 Å². The maximum atomic E-state index is 11.2. The van der Waals surface area contributed by atoms with Crippen molar-refractivity contribution in [3.05, 3.63) is 53.9 Å². The van der Waals surface area contributed by atoms with Gasteiger partial charge < -0.3 is 5.32 Å². The number of nitrogens with two attached hydrogens (primary N) is 1. The largest absolute Gasteiger partial charge is 0.377 e. The lowest BCUT2D eigenvalue weighted by Gasteiger charge is -2.17. The molecule has 20 heavy (non-hydrogen) atoms. The molecule has 1 atom stereocenters. The molecular weight excluding hydrogens is 274 g/mol. The van der Waals surface area contributed by atoms with Gasteiger partial charge in [-0.3, -0.25) is 4.98 Å². The van der Waals surface area contributed by atoms with Gasteiger partial charge in [-0.1, -0.05) is 12.1 Å². The molecule has 106 valence electrons. The minimum absolute atomic E-state index is 0.0347. The second kappa shape index (κ2) is 5.60. The Kier molecular flexibility index (Phi) is 4.06. The average Bonchev–Trinajstić information content (AvgIpc) is 2.40. The van der Waals surface area contributed by atoms with Gasteiger partial charge in [0.15, 0.2) is 0 Å². The molecule has 5 nitrogen and oxygen atoms in total. The molecule has 0 saturated heterocycles. The Labute approximate surface area is 118 Å². The smallest absolute Gasteiger partial charge is 0.238 e. The minimum Gasteiger partial charge on any atom is -0.377 e. The van der Waals surface area contributed by atoms with Crippen molar-refractivity contribution in [1.82, 2.24) is 4.98 Å². The molecule has 0 radical (unpaired) electrons. The molecule has 1 aromatic heterocycles. The monoisotopic (exact) mass is 291 g/mol. The Bertz CT molecular complexity index is 697. The Hall–Kier alpha value is -1.92. The summed E-state index contributed by atoms with van der Waals surface area (Å²) in [7, 11) is -3.64. The second-order valence-electron chi connectivity index (χ2n) is 4.67. The molecule has 1 heterocycles. The van der Waals surface area contributed by atoms with Gasteiger partial charge in [0, 0.05) is 12.2 Å². The Balaban J connectivity index is 2.18. The Morgan fingerprint density at radius 2 is 1.85 bits per heavy atom. The fourth-order valence-electron chi connectivity index (χ4n) is 1.88. The number of nitrogens with zero attached hydrogens (tertiary/aromatic N) is 1. The van der Waals surface area contributed by atoms with E-state index in [2.05, 4.69) is 10.3 Å². The van der Waals surface area contributed by atoms with Crippen LogP contribution in [-0.4, -0.2) is 13.4 Å². The van der Waals surface area contributed by atoms with Crippen LogP contribution in [-0.2, 0) is 10.0 Å². The van der Waals surface area contributed by atoms with E-state index < -0.39 is 10.0 Å². The molecule has 1 unspecified atom stereocenters. The van der Waals surface area contributed by atoms with Crippen molar-refractivity contribution in [1.29, 1.82) is 0 Å². The third kappa shape index (κ3) is 3.34. The Morgan fingerprint density at radius 3 is 2.40 bits per heavy atom. The molecule has 0 aliphatic carbocycles. The summed E-state index contributed by atoms with van der Waals surface area (Å²) < 4.78 is 22.4. The molecular formula is C14H17N3O2S. The first kappa shape index (κ1) is 14.5. The van der Waals surface area contributed by atoms with Crippen LogP contribution in [0.25, 0.3) is 0 Å². The lowest BCUT2D eigenvalue weighted by atomic mass is 10.1. The summed E-state index contributed by atoms with van der Waals surface area (Å²) in [5.41, 5.74) is 3.03. The summed E-state index contributed by atoms with van der Waals surface area (Å²) in [6.45, 7) is 4.00. The van der Waals surface area contributed by atoms with E-state index in [-0.39, 0.29) is 10.9 Å². The first-order chi connectivity index (χ1) is 9.38. The third-order valence-corrected chi connectivity index (χ3v) is 4.05. The lowest BCUT2D eigenvalue weighted by Crippen LogP contribution is -2.13. The summed E-state index contributed by atoms with van der Waals surface area (Å²) >= 11 is 0. The number of aryl methyl sites for hydroxylation is 1. The highest BCUT2D eigenvalue weighted by Gasteiger charge is 2.10. The minimum atomic E-state index is -3.64. The van der Waals surface area contributed by atoms with E-state index in [1.807, 2.05) is 19.9 Å². The quantitative estimate of drug-likeness (QED) is 0.904. The zero-order chi connectivity index (χ0) is 14.8. The second-order valence-corrected chi connectivity index (χ2v) is 6.23. The molecule has 0 aliphatic rings. The number of hydrogen-bond donors (Lipinski definition) is 2. The van der Waals surface area contributed by atoms with Crippen LogP contribution in [0.3, 0.4) is 0 Å². The fraction of sp³-hybridized carbons (Fsp3) is 0.214. The standard InChI is InChI=1S/C14H17N3O2S/c1-10-7-8-16-9-14(10)17-11(2)12-3-5-13(6-4-12)20(15,18)19/h3-9,11,17H,1-2H3,(H2,15,18,19). The van der Waals surface area contributed by atoms with Crippen LogP contribution in [0.4, 0.5) is 5.69 Å². The van der Waals surface area contributed by atoms with Gasteiger partial charge >= 0.3 is 0 Å². The number of anilines is 1. The number of primary sulfonamides is 1. The van der Waals surface area contributed by atoms with Gasteiger partial charge in [-0.15, -0.1) is 0 Å². The van der Waals surface area contributed by atoms with Gasteiger partial charge in [0.25, 0.3) is 0 Å². The van der Waals surface area contributed by atoms with Crippen molar-refractivity contribution in [3.63, 3.8) is 0 Å². The maximum absolute atomic E-state index is 11.2. The van der Waals surface area contributed by atoms with Crippen molar-refractivity contribution in [2.24, 2.45) is 5.14 Å². The maximum Gasteiger partial charge on any atom is 0.238 e. The van der Waals surface area contributed by atoms with Gasteiger partial charge in [0.2, 0.25) is 10.0 Å². The van der Waals surface area contributed by atoms with E-state index >= 15 is 0 Å². The summed E-state index contributed by atoms with van der Waals surface area (Å²) in [6, 6.07) is 8.50. The van der Waals surface area contributed by atoms with E-state index in [0.717, 1.165) is 16.8 Å². The summed E-state index contributed by atoms with van der Waals surface area (Å²) in [5.74, 6) is 0. The van der Waals surface area contributed by atoms with Gasteiger partial charge in [-0.05, 0) is 43.2 Å². The molecule has 0 aliphatic heterocycles. The highest BCUT2D eigenvalue weighted by molar-refractivity contribution is 7.89. The van der Waals surface area contributed by atoms with Crippen LogP contribution in [0, 0.1) is 6.92 Å². The number of hydrogen-bond acceptors (Lipinski definition) is 4. The molecule has 0 amide bonds. The summed E-state index contributed by atoms with van der Waals surface area (Å²) in [6.07, 6.45) is 3.51. The van der Waals surface area contributed by atoms with Crippen molar-refractivity contribution in [2.45, 2.75) is 24.8 Å². The number of pyridine rings is 1. The first-order valence-corrected chi connectivity index (χ1v) is 7.72. The SMILES string of the molecule is Cc1ccncc1NC(C)c1ccc(S(N)(=O)=O)cc1. The van der Waals surface area contributed by atoms with Crippen LogP contribution in [0.2, 0.25) is 0 Å². The van der Waals surface area contributed by atoms with Crippen LogP contribution >= 0.6 is 0 Å². The number of sulfonamides is 1. The number of nitrogens with one attached hydrogen (secondary N) is 1. The highest BCUT2D eigenvalue weighted by Crippen LogP contribution is 2.22. The van der Waals surface area contributed by atoms with E-state index in [4.69, 9.17) is 5.14 Å². The fourth-order valence-corrected chi connectivity index (χ4v) is 2.39. The zero-order valence-electron chi connectivity index (χ0n) is 11.4. The average molecular weight is 291 g/mol. The Morgan fingerprint density at radius 1 is 1.20 bits per heavy atom. The predicted molar refractivity (Wildman–Crippen MR) is 78.8 cm³/mol. The predicted octanol–water partition coefficient (Wildman–Crippen LogP) is 2.21. The van der Waals surface area contributed by atoms with Crippen molar-refractivity contribution in [2.75, 3.05) is 5.32 Å². The summed E-state index contributed by atoms with van der Waals surface area (Å²) in [5, 5.41) is 8.42. The molecule has 0 bridgehead atoms. The van der Waals surface area contributed by atoms with Crippen molar-refractivity contribution in [3.8, 4) is 0 Å². The summed E-state index contributed by atoms with van der Waals surface area (Å²) in [4.78, 5) is 4.20. The number of rotatable bonds is 4. The van der Waals surface area contributed by atoms with Crippen LogP contribution in [0.1, 0.15) is 24.1 Å². The molecule has 3 N–H and O–H groups in total. The molecule has 6 heteroatoms. The van der Waals surface area contributed by atoms with Crippen molar-refractivity contribution < 1.29 is 8.42 Å². The van der Waals surface area contributed by atoms with Gasteiger partial charge in [0.1, 0.15) is 0 Å². The number of aromatic nitrogens is 1. The van der Waals surface area contributed by atoms with Crippen LogP contribution < -0.4 is 10.5 Å². The van der Waals surface area contributed by atoms with E-state index in [0.29, 0.717) is 0 Å². The third-order valence-electron chi connectivity index (χ3n) is 3.12. The lowest BCUT2D eigenvalue weighted by molar-refractivity contribution is 0.597. The van der Waals surface area contributed by atoms with Gasteiger partial charge in [-0.2, -0.15) is 0 Å². The van der Waals surface area contributed by atoms with Crippen molar-refractivity contribution >= 4 is 15.7 Å². The van der Waals surface area contributed by atoms with E-state index in [1.54, 1.807) is 24.5 Å². The highest BCUT2D eigenvalue weighted by atomic mass is 32.2. The van der Waals surface area contributed by atoms with Crippen LogP contribution in [0.15, 0.2) is 47.6 Å². The van der Waals surface area contributed by atoms with Gasteiger partial charge in [-0.25, -0.2) is 13.6 Å². The normalized spacial score (nSPS) is 12.9. The van der Waals surface area contributed by atoms with E-state index in [9.17, 15) is 8.42 Å². The van der Waals surface area contributed by atoms with Gasteiger partial charge in [0.05, 0.1) is 16.8 Å². The zero-order valence-corrected chi connectivity index (χ0v) is 12.2. The first-order valence-electron chi connectivity index (χ1n) is 6.18. The molecule has 2 rings (SSSR count). The molecule has 0 saturated carbocycles. The molecule has 0 fully saturated rings. The topological polar surface area (TPSA) is 85.1 Å². The molecule has 1 aromatic carbocycles. The molecule has 0 spiro atoms.